The Kier molecular flexibility index (Phi) is 16.6. The average Bonchev–Trinajstić information content (AvgIpc) is 3.49. The molecule has 0 bridgehead atoms. The first-order valence-electron chi connectivity index (χ1n) is 20.1. The third-order valence-electron chi connectivity index (χ3n) is 10.1. The summed E-state index contributed by atoms with van der Waals surface area (Å²) >= 11 is 18.3. The molecule has 21 heteroatoms. The minimum Gasteiger partial charge on any atom is -0.457 e. The Morgan fingerprint density at radius 1 is 0.569 bits per heavy atom. The molecule has 0 aliphatic carbocycles. The number of nitrogens with zero attached hydrogens (tertiary/aromatic N) is 1. The van der Waals surface area contributed by atoms with E-state index in [1.807, 2.05) is 12.1 Å². The lowest BCUT2D eigenvalue weighted by Gasteiger charge is -2.50. The fraction of sp³-hybridized carbons (Fsp3) is 0.432. The number of fused-ring (bicyclic) bond motifs is 1. The van der Waals surface area contributed by atoms with E-state index in [0.717, 1.165) is 43.7 Å². The van der Waals surface area contributed by atoms with Crippen LogP contribution in [0.2, 0.25) is 0 Å². The molecule has 0 unspecified atom stereocenters. The number of carbonyl (C=O) groups is 6. The lowest BCUT2D eigenvalue weighted by molar-refractivity contribution is -0.348. The molecule has 10 atom stereocenters. The Bertz CT molecular complexity index is 2180. The average molecular weight is 964 g/mol. The zero-order valence-corrected chi connectivity index (χ0v) is 37.6. The summed E-state index contributed by atoms with van der Waals surface area (Å²) in [7, 11) is 0. The standard InChI is InChI=1S/C44H45Cl3N2O16/c1-23(50)58-34-31(21-56-19-27-13-7-5-8-14-27)62-41(65-43(48)44(45,46)47)33(49-39(54)29-17-11-12-18-30(29)40(49)55)36(34)64-42-38(61-26(4)53)37(60-25(3)52)35(59-24(2)51)32(63-42)22-57-20-28-15-9-6-10-16-28/h5-18,31-38,41-42,48H,19-22H2,1-4H3/t31-,32-,33-,34+,35+,36-,37+,38-,41+,42+/m1/s1. The highest BCUT2D eigenvalue weighted by Crippen LogP contribution is 2.40. The highest BCUT2D eigenvalue weighted by Gasteiger charge is 2.60. The molecule has 2 fully saturated rings. The predicted molar refractivity (Wildman–Crippen MR) is 226 cm³/mol. The van der Waals surface area contributed by atoms with Crippen LogP contribution in [0.1, 0.15) is 59.5 Å². The summed E-state index contributed by atoms with van der Waals surface area (Å²) in [5, 5.41) is 8.57. The molecule has 348 valence electrons. The second kappa shape index (κ2) is 21.9. The van der Waals surface area contributed by atoms with Crippen molar-refractivity contribution in [2.24, 2.45) is 0 Å². The normalized spacial score (nSPS) is 26.4. The van der Waals surface area contributed by atoms with Gasteiger partial charge in [-0.25, -0.2) is 0 Å². The van der Waals surface area contributed by atoms with Crippen LogP contribution in [0.3, 0.4) is 0 Å². The summed E-state index contributed by atoms with van der Waals surface area (Å²) in [4.78, 5) is 80.8. The molecule has 0 aromatic heterocycles. The molecule has 2 amide bonds. The van der Waals surface area contributed by atoms with Gasteiger partial charge in [-0.2, -0.15) is 0 Å². The van der Waals surface area contributed by atoms with Crippen LogP contribution in [0, 0.1) is 5.41 Å². The van der Waals surface area contributed by atoms with Crippen molar-refractivity contribution in [3.8, 4) is 0 Å². The number of benzene rings is 3. The first-order valence-corrected chi connectivity index (χ1v) is 21.2. The molecule has 0 spiro atoms. The van der Waals surface area contributed by atoms with Gasteiger partial charge < -0.3 is 47.4 Å². The molecule has 65 heavy (non-hydrogen) atoms. The molecule has 18 nitrogen and oxygen atoms in total. The molecule has 3 aromatic carbocycles. The van der Waals surface area contributed by atoms with Crippen molar-refractivity contribution in [1.82, 2.24) is 4.90 Å². The molecule has 3 heterocycles. The van der Waals surface area contributed by atoms with Gasteiger partial charge in [0.05, 0.1) is 37.6 Å². The number of halogens is 3. The van der Waals surface area contributed by atoms with E-state index in [1.54, 1.807) is 48.5 Å². The summed E-state index contributed by atoms with van der Waals surface area (Å²) in [5.74, 6) is -6.33. The van der Waals surface area contributed by atoms with Crippen LogP contribution < -0.4 is 0 Å². The maximum Gasteiger partial charge on any atom is 0.303 e. The van der Waals surface area contributed by atoms with Crippen LogP contribution >= 0.6 is 34.8 Å². The van der Waals surface area contributed by atoms with Crippen molar-refractivity contribution in [2.75, 3.05) is 13.2 Å². The molecule has 2 saturated heterocycles. The maximum absolute atomic E-state index is 14.4. The van der Waals surface area contributed by atoms with Gasteiger partial charge >= 0.3 is 23.9 Å². The molecule has 0 radical (unpaired) electrons. The van der Waals surface area contributed by atoms with Crippen LogP contribution in [0.5, 0.6) is 0 Å². The van der Waals surface area contributed by atoms with Crippen LogP contribution in [0.25, 0.3) is 0 Å². The van der Waals surface area contributed by atoms with Gasteiger partial charge in [0.25, 0.3) is 15.6 Å². The minimum atomic E-state index is -2.51. The first-order chi connectivity index (χ1) is 30.9. The van der Waals surface area contributed by atoms with E-state index in [0.29, 0.717) is 0 Å². The van der Waals surface area contributed by atoms with E-state index < -0.39 is 107 Å². The third kappa shape index (κ3) is 12.4. The third-order valence-corrected chi connectivity index (χ3v) is 10.6. The quantitative estimate of drug-likeness (QED) is 0.0498. The molecule has 3 aliphatic rings. The number of imide groups is 1. The van der Waals surface area contributed by atoms with E-state index in [-0.39, 0.29) is 37.6 Å². The van der Waals surface area contributed by atoms with Crippen LogP contribution in [0.15, 0.2) is 84.9 Å². The summed E-state index contributed by atoms with van der Waals surface area (Å²) in [6, 6.07) is 22.0. The Morgan fingerprint density at radius 3 is 1.42 bits per heavy atom. The number of ether oxygens (including phenoxy) is 10. The van der Waals surface area contributed by atoms with Gasteiger partial charge in [0.2, 0.25) is 12.2 Å². The molecule has 3 aromatic rings. The highest BCUT2D eigenvalue weighted by molar-refractivity contribution is 6.76. The van der Waals surface area contributed by atoms with E-state index in [2.05, 4.69) is 0 Å². The number of nitrogens with one attached hydrogen (secondary N) is 1. The summed E-state index contributed by atoms with van der Waals surface area (Å²) < 4.78 is 57.9. The number of alkyl halides is 3. The largest absolute Gasteiger partial charge is 0.457 e. The van der Waals surface area contributed by atoms with Gasteiger partial charge in [-0.05, 0) is 23.3 Å². The van der Waals surface area contributed by atoms with Gasteiger partial charge in [0, 0.05) is 27.7 Å². The van der Waals surface area contributed by atoms with Crippen molar-refractivity contribution in [3.05, 3.63) is 107 Å². The fourth-order valence-corrected chi connectivity index (χ4v) is 7.67. The number of hydrogen-bond acceptors (Lipinski definition) is 17. The summed E-state index contributed by atoms with van der Waals surface area (Å²) in [6.45, 7) is 3.62. The SMILES string of the molecule is CC(=O)O[C@H]1[C@@H](OC(C)=O)[C@@H](COCc2ccccc2)O[C@@H](O[C@H]2[C@@H](OC(C)=O)[C@@H](COCc3ccccc3)O[C@@H](OC(=N)C(Cl)(Cl)Cl)[C@@H]2N2C(=O)c3ccccc3C2=O)[C@@H]1OC(C)=O. The van der Waals surface area contributed by atoms with E-state index in [4.69, 9.17) is 87.6 Å². The lowest BCUT2D eigenvalue weighted by Crippen LogP contribution is -2.70. The maximum atomic E-state index is 14.4. The molecular weight excluding hydrogens is 919 g/mol. The Labute approximate surface area is 387 Å². The first kappa shape index (κ1) is 49.3. The van der Waals surface area contributed by atoms with Gasteiger partial charge in [0.1, 0.15) is 24.4 Å². The van der Waals surface area contributed by atoms with Gasteiger partial charge in [0.15, 0.2) is 30.7 Å². The number of hydrogen-bond donors (Lipinski definition) is 1. The number of rotatable bonds is 16. The predicted octanol–water partition coefficient (Wildman–Crippen LogP) is 5.01. The van der Waals surface area contributed by atoms with Crippen LogP contribution in [0.4, 0.5) is 0 Å². The summed E-state index contributed by atoms with van der Waals surface area (Å²) in [6.07, 6.45) is -15.0. The second-order valence-electron chi connectivity index (χ2n) is 14.9. The van der Waals surface area contributed by atoms with Crippen molar-refractivity contribution in [3.63, 3.8) is 0 Å². The molecule has 0 saturated carbocycles. The van der Waals surface area contributed by atoms with Gasteiger partial charge in [-0.1, -0.05) is 108 Å². The number of amides is 2. The monoisotopic (exact) mass is 962 g/mol. The zero-order valence-electron chi connectivity index (χ0n) is 35.3. The van der Waals surface area contributed by atoms with E-state index >= 15 is 0 Å². The molecule has 3 aliphatic heterocycles. The van der Waals surface area contributed by atoms with Crippen molar-refractivity contribution in [1.29, 1.82) is 5.41 Å². The fourth-order valence-electron chi connectivity index (χ4n) is 7.53. The zero-order chi connectivity index (χ0) is 47.0. The summed E-state index contributed by atoms with van der Waals surface area (Å²) in [5.41, 5.74) is 1.43. The van der Waals surface area contributed by atoms with Crippen molar-refractivity contribution in [2.45, 2.75) is 106 Å². The Hall–Kier alpha value is -5.18. The number of carbonyl (C=O) groups excluding carboxylic acids is 6. The minimum absolute atomic E-state index is 0.0167. The van der Waals surface area contributed by atoms with Crippen molar-refractivity contribution >= 4 is 76.4 Å². The van der Waals surface area contributed by atoms with Gasteiger partial charge in [-0.15, -0.1) is 0 Å². The molecule has 1 N–H and O–H groups in total. The molecular formula is C44H45Cl3N2O16. The topological polar surface area (TPSA) is 222 Å². The number of esters is 4. The Morgan fingerprint density at radius 2 is 0.969 bits per heavy atom. The van der Waals surface area contributed by atoms with Crippen molar-refractivity contribution < 1.29 is 76.1 Å². The smallest absolute Gasteiger partial charge is 0.303 e. The van der Waals surface area contributed by atoms with E-state index in [9.17, 15) is 28.8 Å². The second-order valence-corrected chi connectivity index (χ2v) is 17.2. The Balaban J connectivity index is 1.49. The van der Waals surface area contributed by atoms with Gasteiger partial charge in [-0.3, -0.25) is 39.1 Å². The van der Waals surface area contributed by atoms with Crippen LogP contribution in [-0.2, 0) is 79.8 Å². The van der Waals surface area contributed by atoms with E-state index in [1.165, 1.54) is 24.3 Å². The lowest BCUT2D eigenvalue weighted by atomic mass is 9.93. The highest BCUT2D eigenvalue weighted by atomic mass is 35.6. The molecule has 6 rings (SSSR count). The van der Waals surface area contributed by atoms with Crippen LogP contribution in [-0.4, -0.2) is 125 Å².